The Hall–Kier alpha value is -1.88. The predicted molar refractivity (Wildman–Crippen MR) is 60.0 cm³/mol. The van der Waals surface area contributed by atoms with Crippen molar-refractivity contribution in [3.8, 4) is 0 Å². The van der Waals surface area contributed by atoms with Gasteiger partial charge in [-0.15, -0.1) is 11.3 Å². The lowest BCUT2D eigenvalue weighted by Crippen LogP contribution is -2.11. The molecule has 0 unspecified atom stereocenters. The molecular formula is C10H9N3OS. The van der Waals surface area contributed by atoms with Crippen LogP contribution in [-0.2, 0) is 0 Å². The number of allylic oxidation sites excluding steroid dienone is 4. The monoisotopic (exact) mass is 219 g/mol. The predicted octanol–water partition coefficient (Wildman–Crippen LogP) is 1.26. The van der Waals surface area contributed by atoms with Crippen LogP contribution in [0.2, 0.25) is 0 Å². The molecule has 1 aromatic heterocycles. The highest BCUT2D eigenvalue weighted by Crippen LogP contribution is 2.16. The zero-order valence-corrected chi connectivity index (χ0v) is 8.62. The molecule has 0 atom stereocenters. The van der Waals surface area contributed by atoms with Gasteiger partial charge < -0.3 is 11.1 Å². The number of aromatic nitrogens is 1. The zero-order chi connectivity index (χ0) is 10.7. The normalized spacial score (nSPS) is 14.3. The highest BCUT2D eigenvalue weighted by molar-refractivity contribution is 7.11. The number of rotatable bonds is 2. The molecule has 0 aromatic carbocycles. The lowest BCUT2D eigenvalue weighted by molar-refractivity contribution is 0.1000. The Bertz CT molecular complexity index is 471. The summed E-state index contributed by atoms with van der Waals surface area (Å²) in [4.78, 5) is 15.0. The summed E-state index contributed by atoms with van der Waals surface area (Å²) in [7, 11) is 0. The van der Waals surface area contributed by atoms with Gasteiger partial charge in [-0.1, -0.05) is 12.2 Å². The van der Waals surface area contributed by atoms with Crippen LogP contribution < -0.4 is 11.1 Å². The Morgan fingerprint density at radius 3 is 3.00 bits per heavy atom. The second-order valence-corrected chi connectivity index (χ2v) is 3.73. The fourth-order valence-electron chi connectivity index (χ4n) is 1.13. The first-order valence-electron chi connectivity index (χ1n) is 4.33. The molecule has 0 spiro atoms. The van der Waals surface area contributed by atoms with Crippen LogP contribution in [0.1, 0.15) is 15.5 Å². The van der Waals surface area contributed by atoms with Crippen molar-refractivity contribution in [1.29, 1.82) is 0 Å². The van der Waals surface area contributed by atoms with E-state index in [0.717, 1.165) is 11.4 Å². The van der Waals surface area contributed by atoms with Crippen LogP contribution >= 0.6 is 11.3 Å². The van der Waals surface area contributed by atoms with Crippen molar-refractivity contribution in [2.24, 2.45) is 5.73 Å². The summed E-state index contributed by atoms with van der Waals surface area (Å²) in [5.41, 5.74) is 6.71. The van der Waals surface area contributed by atoms with Gasteiger partial charge >= 0.3 is 0 Å². The van der Waals surface area contributed by atoms with E-state index in [1.165, 1.54) is 11.3 Å². The standard InChI is InChI=1S/C10H9N3OS/c11-9(14)10-13-8(6-15-10)7-4-2-1-3-5-12-7/h1-6,12H,(H2,11,14). The molecule has 0 bridgehead atoms. The molecule has 0 fully saturated rings. The summed E-state index contributed by atoms with van der Waals surface area (Å²) in [6, 6.07) is 0. The van der Waals surface area contributed by atoms with Crippen LogP contribution in [0.5, 0.6) is 0 Å². The maximum atomic E-state index is 10.9. The molecule has 1 aliphatic heterocycles. The Morgan fingerprint density at radius 1 is 1.40 bits per heavy atom. The Morgan fingerprint density at radius 2 is 2.27 bits per heavy atom. The van der Waals surface area contributed by atoms with E-state index in [2.05, 4.69) is 10.3 Å². The van der Waals surface area contributed by atoms with Crippen LogP contribution in [0, 0.1) is 0 Å². The minimum atomic E-state index is -0.494. The van der Waals surface area contributed by atoms with Crippen molar-refractivity contribution in [2.75, 3.05) is 0 Å². The van der Waals surface area contributed by atoms with E-state index >= 15 is 0 Å². The zero-order valence-electron chi connectivity index (χ0n) is 7.81. The first-order chi connectivity index (χ1) is 7.27. The van der Waals surface area contributed by atoms with E-state index in [-0.39, 0.29) is 0 Å². The lowest BCUT2D eigenvalue weighted by Gasteiger charge is -2.00. The van der Waals surface area contributed by atoms with E-state index < -0.39 is 5.91 Å². The molecule has 0 radical (unpaired) electrons. The summed E-state index contributed by atoms with van der Waals surface area (Å²) in [6.07, 6.45) is 9.37. The van der Waals surface area contributed by atoms with E-state index in [4.69, 9.17) is 5.73 Å². The fraction of sp³-hybridized carbons (Fsp3) is 0. The van der Waals surface area contributed by atoms with Crippen LogP contribution in [-0.4, -0.2) is 10.9 Å². The third-order valence-electron chi connectivity index (χ3n) is 1.81. The van der Waals surface area contributed by atoms with E-state index in [1.54, 1.807) is 11.6 Å². The number of thiazole rings is 1. The average molecular weight is 219 g/mol. The molecule has 4 nitrogen and oxygen atoms in total. The van der Waals surface area contributed by atoms with Gasteiger partial charge in [-0.3, -0.25) is 4.79 Å². The molecule has 0 aliphatic carbocycles. The van der Waals surface area contributed by atoms with E-state index in [1.807, 2.05) is 24.3 Å². The highest BCUT2D eigenvalue weighted by Gasteiger charge is 2.09. The van der Waals surface area contributed by atoms with Gasteiger partial charge in [0.25, 0.3) is 5.91 Å². The third-order valence-corrected chi connectivity index (χ3v) is 2.67. The fourth-order valence-corrected chi connectivity index (χ4v) is 1.80. The smallest absolute Gasteiger partial charge is 0.277 e. The number of carbonyl (C=O) groups is 1. The quantitative estimate of drug-likeness (QED) is 0.786. The molecular weight excluding hydrogens is 210 g/mol. The second-order valence-electron chi connectivity index (χ2n) is 2.87. The number of hydrogen-bond donors (Lipinski definition) is 2. The molecule has 2 heterocycles. The van der Waals surface area contributed by atoms with Crippen molar-refractivity contribution in [2.45, 2.75) is 0 Å². The average Bonchev–Trinajstić information content (AvgIpc) is 2.55. The van der Waals surface area contributed by atoms with Crippen molar-refractivity contribution in [3.05, 3.63) is 46.6 Å². The lowest BCUT2D eigenvalue weighted by atomic mass is 10.3. The summed E-state index contributed by atoms with van der Waals surface area (Å²) < 4.78 is 0. The number of amides is 1. The van der Waals surface area contributed by atoms with Gasteiger partial charge in [0.1, 0.15) is 0 Å². The van der Waals surface area contributed by atoms with Gasteiger partial charge in [0.2, 0.25) is 0 Å². The summed E-state index contributed by atoms with van der Waals surface area (Å²) in [5, 5.41) is 5.18. The molecule has 76 valence electrons. The minimum absolute atomic E-state index is 0.324. The Balaban J connectivity index is 2.29. The van der Waals surface area contributed by atoms with Gasteiger partial charge in [0.05, 0.1) is 11.4 Å². The maximum Gasteiger partial charge on any atom is 0.277 e. The summed E-state index contributed by atoms with van der Waals surface area (Å²) in [5.74, 6) is -0.494. The number of primary amides is 1. The molecule has 0 saturated carbocycles. The molecule has 0 saturated heterocycles. The van der Waals surface area contributed by atoms with Gasteiger partial charge in [-0.2, -0.15) is 0 Å². The number of hydrogen-bond acceptors (Lipinski definition) is 4. The summed E-state index contributed by atoms with van der Waals surface area (Å²) >= 11 is 1.24. The van der Waals surface area contributed by atoms with Crippen LogP contribution in [0.4, 0.5) is 0 Å². The molecule has 1 amide bonds. The van der Waals surface area contributed by atoms with Gasteiger partial charge in [-0.25, -0.2) is 4.98 Å². The minimum Gasteiger partial charge on any atom is -0.364 e. The molecule has 1 aromatic rings. The van der Waals surface area contributed by atoms with Gasteiger partial charge in [0.15, 0.2) is 5.01 Å². The number of carbonyl (C=O) groups excluding carboxylic acids is 1. The Kier molecular flexibility index (Phi) is 2.64. The molecule has 2 rings (SSSR count). The second kappa shape index (κ2) is 4.10. The third kappa shape index (κ3) is 2.13. The van der Waals surface area contributed by atoms with E-state index in [9.17, 15) is 4.79 Å². The first-order valence-corrected chi connectivity index (χ1v) is 5.21. The summed E-state index contributed by atoms with van der Waals surface area (Å²) in [6.45, 7) is 0. The first kappa shape index (κ1) is 9.67. The van der Waals surface area contributed by atoms with Crippen molar-refractivity contribution < 1.29 is 4.79 Å². The van der Waals surface area contributed by atoms with Crippen molar-refractivity contribution in [1.82, 2.24) is 10.3 Å². The molecule has 15 heavy (non-hydrogen) atoms. The largest absolute Gasteiger partial charge is 0.364 e. The topological polar surface area (TPSA) is 68.0 Å². The van der Waals surface area contributed by atoms with Crippen molar-refractivity contribution in [3.63, 3.8) is 0 Å². The van der Waals surface area contributed by atoms with Crippen LogP contribution in [0.25, 0.3) is 5.70 Å². The highest BCUT2D eigenvalue weighted by atomic mass is 32.1. The van der Waals surface area contributed by atoms with Crippen molar-refractivity contribution >= 4 is 22.9 Å². The number of nitrogens with zero attached hydrogens (tertiary/aromatic N) is 1. The van der Waals surface area contributed by atoms with Crippen LogP contribution in [0.15, 0.2) is 35.9 Å². The SMILES string of the molecule is NC(=O)c1nc(C2=CC=CC=CN2)cs1. The Labute approximate surface area is 90.8 Å². The van der Waals surface area contributed by atoms with Crippen LogP contribution in [0.3, 0.4) is 0 Å². The van der Waals surface area contributed by atoms with Gasteiger partial charge in [0, 0.05) is 11.6 Å². The molecule has 3 N–H and O–H groups in total. The van der Waals surface area contributed by atoms with Gasteiger partial charge in [-0.05, 0) is 12.2 Å². The maximum absolute atomic E-state index is 10.9. The molecule has 5 heteroatoms. The number of nitrogens with one attached hydrogen (secondary N) is 1. The van der Waals surface area contributed by atoms with E-state index in [0.29, 0.717) is 5.01 Å². The molecule has 1 aliphatic rings. The number of nitrogens with two attached hydrogens (primary N) is 1.